The third kappa shape index (κ3) is 7.70. The topological polar surface area (TPSA) is 129 Å². The number of ether oxygens (including phenoxy) is 2. The Labute approximate surface area is 268 Å². The first kappa shape index (κ1) is 32.8. The van der Waals surface area contributed by atoms with E-state index in [1.54, 1.807) is 41.3 Å². The predicted molar refractivity (Wildman–Crippen MR) is 168 cm³/mol. The van der Waals surface area contributed by atoms with Gasteiger partial charge in [0, 0.05) is 31.0 Å². The number of carbonyl (C=O) groups excluding carboxylic acids is 2. The van der Waals surface area contributed by atoms with E-state index in [0.29, 0.717) is 36.3 Å². The second-order valence-electron chi connectivity index (χ2n) is 10.5. The minimum absolute atomic E-state index is 0.0528. The van der Waals surface area contributed by atoms with Crippen LogP contribution in [0.25, 0.3) is 0 Å². The van der Waals surface area contributed by atoms with Crippen LogP contribution in [-0.2, 0) is 22.7 Å². The summed E-state index contributed by atoms with van der Waals surface area (Å²) in [5, 5.41) is 34.1. The maximum Gasteiger partial charge on any atom is 0.247 e. The van der Waals surface area contributed by atoms with Gasteiger partial charge in [-0.15, -0.1) is 0 Å². The van der Waals surface area contributed by atoms with Crippen molar-refractivity contribution in [2.24, 2.45) is 5.92 Å². The SMILES string of the molecule is COc1cc(CO)cc(I)c1OC1C=C(C(=O)NCCO)CC(N(Cc2ccc(Cl)c(Cl)c2)C(=O)C2CCCC2)C1O. The molecule has 2 aromatic rings. The number of benzene rings is 2. The number of nitrogens with zero attached hydrogens (tertiary/aromatic N) is 1. The number of nitrogens with one attached hydrogen (secondary N) is 1. The van der Waals surface area contributed by atoms with Crippen LogP contribution in [-0.4, -0.2) is 70.5 Å². The Bertz CT molecular complexity index is 1320. The number of aliphatic hydroxyl groups excluding tert-OH is 3. The standard InChI is InChI=1S/C30H35Cl2IN2O7/c1-41-26-12-18(16-37)11-23(33)28(26)42-25-14-20(29(39)34-8-9-36)13-24(27(25)38)35(30(40)19-4-2-3-5-19)15-17-6-7-21(31)22(32)10-17/h6-7,10-12,14,19,24-25,27,36-38H,2-5,8-9,13,15-16H2,1H3,(H,34,39). The number of hydrogen-bond donors (Lipinski definition) is 4. The van der Waals surface area contributed by atoms with Crippen LogP contribution in [0.3, 0.4) is 0 Å². The van der Waals surface area contributed by atoms with Crippen molar-refractivity contribution in [1.29, 1.82) is 0 Å². The van der Waals surface area contributed by atoms with Crippen molar-refractivity contribution in [3.8, 4) is 11.5 Å². The van der Waals surface area contributed by atoms with Crippen molar-refractivity contribution in [3.05, 3.63) is 66.7 Å². The van der Waals surface area contributed by atoms with Crippen LogP contribution in [0, 0.1) is 9.49 Å². The van der Waals surface area contributed by atoms with Crippen LogP contribution in [0.2, 0.25) is 10.0 Å². The maximum absolute atomic E-state index is 14.0. The molecule has 0 aliphatic heterocycles. The molecule has 3 unspecified atom stereocenters. The molecule has 0 spiro atoms. The molecule has 0 radical (unpaired) electrons. The number of aliphatic hydroxyl groups is 3. The van der Waals surface area contributed by atoms with Crippen molar-refractivity contribution in [3.63, 3.8) is 0 Å². The van der Waals surface area contributed by atoms with Gasteiger partial charge in [-0.2, -0.15) is 0 Å². The molecule has 2 aliphatic carbocycles. The fourth-order valence-electron chi connectivity index (χ4n) is 5.50. The first-order valence-electron chi connectivity index (χ1n) is 13.8. The molecular weight excluding hydrogens is 698 g/mol. The zero-order valence-corrected chi connectivity index (χ0v) is 26.9. The van der Waals surface area contributed by atoms with Gasteiger partial charge in [-0.05, 0) is 76.9 Å². The Morgan fingerprint density at radius 3 is 2.48 bits per heavy atom. The van der Waals surface area contributed by atoms with Crippen molar-refractivity contribution in [1.82, 2.24) is 10.2 Å². The first-order chi connectivity index (χ1) is 20.2. The van der Waals surface area contributed by atoms with E-state index in [1.807, 2.05) is 0 Å². The van der Waals surface area contributed by atoms with Gasteiger partial charge < -0.3 is 35.0 Å². The summed E-state index contributed by atoms with van der Waals surface area (Å²) in [6, 6.07) is 7.72. The molecule has 4 rings (SSSR count). The molecule has 1 fully saturated rings. The van der Waals surface area contributed by atoms with E-state index in [9.17, 15) is 24.9 Å². The zero-order chi connectivity index (χ0) is 30.4. The van der Waals surface area contributed by atoms with Gasteiger partial charge in [0.15, 0.2) is 11.5 Å². The third-order valence-electron chi connectivity index (χ3n) is 7.66. The van der Waals surface area contributed by atoms with Gasteiger partial charge in [0.25, 0.3) is 0 Å². The summed E-state index contributed by atoms with van der Waals surface area (Å²) in [7, 11) is 1.47. The fourth-order valence-corrected chi connectivity index (χ4v) is 6.61. The van der Waals surface area contributed by atoms with Gasteiger partial charge in [0.1, 0.15) is 12.2 Å². The Morgan fingerprint density at radius 2 is 1.83 bits per heavy atom. The normalized spacial score (nSPS) is 20.6. The lowest BCUT2D eigenvalue weighted by molar-refractivity contribution is -0.143. The summed E-state index contributed by atoms with van der Waals surface area (Å²) in [5.74, 6) is -0.0179. The second-order valence-corrected chi connectivity index (χ2v) is 12.5. The lowest BCUT2D eigenvalue weighted by atomic mass is 9.87. The smallest absolute Gasteiger partial charge is 0.247 e. The molecule has 0 aromatic heterocycles. The number of carbonyl (C=O) groups is 2. The molecule has 2 aliphatic rings. The minimum atomic E-state index is -1.20. The lowest BCUT2D eigenvalue weighted by Crippen LogP contribution is -2.55. The van der Waals surface area contributed by atoms with E-state index < -0.39 is 24.2 Å². The molecule has 12 heteroatoms. The highest BCUT2D eigenvalue weighted by atomic mass is 127. The Hall–Kier alpha value is -2.09. The molecular formula is C30H35Cl2IN2O7. The predicted octanol–water partition coefficient (Wildman–Crippen LogP) is 4.23. The highest BCUT2D eigenvalue weighted by molar-refractivity contribution is 14.1. The molecule has 0 heterocycles. The van der Waals surface area contributed by atoms with E-state index in [2.05, 4.69) is 27.9 Å². The van der Waals surface area contributed by atoms with Crippen LogP contribution in [0.4, 0.5) is 0 Å². The number of methoxy groups -OCH3 is 1. The molecule has 4 N–H and O–H groups in total. The largest absolute Gasteiger partial charge is 0.493 e. The molecule has 9 nitrogen and oxygen atoms in total. The summed E-state index contributed by atoms with van der Waals surface area (Å²) in [6.45, 7) is -0.223. The summed E-state index contributed by atoms with van der Waals surface area (Å²) in [6.07, 6.45) is 2.83. The van der Waals surface area contributed by atoms with Crippen molar-refractivity contribution in [2.75, 3.05) is 20.3 Å². The van der Waals surface area contributed by atoms with E-state index in [1.165, 1.54) is 7.11 Å². The molecule has 0 saturated heterocycles. The van der Waals surface area contributed by atoms with Crippen LogP contribution in [0.15, 0.2) is 42.0 Å². The van der Waals surface area contributed by atoms with Crippen LogP contribution in [0.1, 0.15) is 43.2 Å². The highest BCUT2D eigenvalue weighted by Gasteiger charge is 2.42. The summed E-state index contributed by atoms with van der Waals surface area (Å²) < 4.78 is 12.5. The average Bonchev–Trinajstić information content (AvgIpc) is 3.53. The average molecular weight is 733 g/mol. The Balaban J connectivity index is 1.74. The fraction of sp³-hybridized carbons (Fsp3) is 0.467. The minimum Gasteiger partial charge on any atom is -0.493 e. The van der Waals surface area contributed by atoms with E-state index >= 15 is 0 Å². The number of halogens is 3. The van der Waals surface area contributed by atoms with Gasteiger partial charge >= 0.3 is 0 Å². The molecule has 228 valence electrons. The van der Waals surface area contributed by atoms with E-state index in [0.717, 1.165) is 31.2 Å². The summed E-state index contributed by atoms with van der Waals surface area (Å²) >= 11 is 14.5. The highest BCUT2D eigenvalue weighted by Crippen LogP contribution is 2.38. The summed E-state index contributed by atoms with van der Waals surface area (Å²) in [5.41, 5.74) is 1.68. The Kier molecular flexibility index (Phi) is 11.8. The zero-order valence-electron chi connectivity index (χ0n) is 23.2. The molecule has 3 atom stereocenters. The number of hydrogen-bond acceptors (Lipinski definition) is 7. The van der Waals surface area contributed by atoms with Crippen molar-refractivity contribution >= 4 is 57.6 Å². The second kappa shape index (κ2) is 15.1. The van der Waals surface area contributed by atoms with E-state index in [-0.39, 0.29) is 44.5 Å². The molecule has 2 amide bonds. The van der Waals surface area contributed by atoms with Crippen LogP contribution >= 0.6 is 45.8 Å². The van der Waals surface area contributed by atoms with Crippen molar-refractivity contribution < 1.29 is 34.4 Å². The van der Waals surface area contributed by atoms with Crippen molar-refractivity contribution in [2.45, 2.75) is 63.5 Å². The monoisotopic (exact) mass is 732 g/mol. The van der Waals surface area contributed by atoms with Crippen LogP contribution < -0.4 is 14.8 Å². The van der Waals surface area contributed by atoms with Gasteiger partial charge in [-0.3, -0.25) is 9.59 Å². The number of rotatable bonds is 11. The van der Waals surface area contributed by atoms with Gasteiger partial charge in [0.2, 0.25) is 11.8 Å². The van der Waals surface area contributed by atoms with Gasteiger partial charge in [0.05, 0.1) is 40.0 Å². The molecule has 42 heavy (non-hydrogen) atoms. The summed E-state index contributed by atoms with van der Waals surface area (Å²) in [4.78, 5) is 28.8. The molecule has 0 bridgehead atoms. The lowest BCUT2D eigenvalue weighted by Gasteiger charge is -2.41. The first-order valence-corrected chi connectivity index (χ1v) is 15.7. The Morgan fingerprint density at radius 1 is 1.10 bits per heavy atom. The quantitative estimate of drug-likeness (QED) is 0.255. The van der Waals surface area contributed by atoms with Crippen LogP contribution in [0.5, 0.6) is 11.5 Å². The number of amides is 2. The third-order valence-corrected chi connectivity index (χ3v) is 9.21. The van der Waals surface area contributed by atoms with Gasteiger partial charge in [-0.25, -0.2) is 0 Å². The van der Waals surface area contributed by atoms with E-state index in [4.69, 9.17) is 32.7 Å². The van der Waals surface area contributed by atoms with Gasteiger partial charge in [-0.1, -0.05) is 42.1 Å². The molecule has 1 saturated carbocycles. The molecule has 2 aromatic carbocycles. The maximum atomic E-state index is 14.0.